The Morgan fingerprint density at radius 1 is 1.40 bits per heavy atom. The van der Waals surface area contributed by atoms with Crippen LogP contribution in [0, 0.1) is 0 Å². The second-order valence-electron chi connectivity index (χ2n) is 4.96. The van der Waals surface area contributed by atoms with E-state index in [1.807, 2.05) is 0 Å². The molecule has 0 aromatic rings. The van der Waals surface area contributed by atoms with E-state index in [-0.39, 0.29) is 13.1 Å². The first-order valence-electron chi connectivity index (χ1n) is 5.89. The first-order chi connectivity index (χ1) is 9.12. The molecular weight excluding hydrogens is 270 g/mol. The Kier molecular flexibility index (Phi) is 4.66. The highest BCUT2D eigenvalue weighted by atomic mass is 16.4. The Hall–Kier alpha value is -2.16. The van der Waals surface area contributed by atoms with Crippen molar-refractivity contribution in [3.05, 3.63) is 0 Å². The number of carboxylic acid groups (broad SMARTS) is 1. The minimum Gasteiger partial charge on any atom is -0.481 e. The maximum atomic E-state index is 11.6. The summed E-state index contributed by atoms with van der Waals surface area (Å²) >= 11 is 0. The minimum atomic E-state index is -1.60. The molecule has 1 aliphatic heterocycles. The number of carbonyl (C=O) groups excluding carboxylic acids is 3. The summed E-state index contributed by atoms with van der Waals surface area (Å²) in [5, 5.41) is 20.6. The van der Waals surface area contributed by atoms with Crippen LogP contribution < -0.4 is 5.32 Å². The molecule has 0 saturated carbocycles. The number of imide groups is 1. The van der Waals surface area contributed by atoms with Crippen LogP contribution in [0.1, 0.15) is 13.3 Å². The fourth-order valence-corrected chi connectivity index (χ4v) is 1.70. The summed E-state index contributed by atoms with van der Waals surface area (Å²) < 4.78 is 0. The quantitative estimate of drug-likeness (QED) is 0.496. The Morgan fingerprint density at radius 2 is 2.00 bits per heavy atom. The molecule has 112 valence electrons. The van der Waals surface area contributed by atoms with Gasteiger partial charge in [0.2, 0.25) is 5.91 Å². The highest BCUT2D eigenvalue weighted by Gasteiger charge is 2.35. The van der Waals surface area contributed by atoms with Crippen molar-refractivity contribution in [2.24, 2.45) is 0 Å². The number of aliphatic hydroxyl groups is 1. The minimum absolute atomic E-state index is 0.0805. The summed E-state index contributed by atoms with van der Waals surface area (Å²) in [6.45, 7) is 0.444. The zero-order valence-corrected chi connectivity index (χ0v) is 11.3. The Balaban J connectivity index is 2.47. The van der Waals surface area contributed by atoms with Gasteiger partial charge in [0.15, 0.2) is 0 Å². The van der Waals surface area contributed by atoms with Crippen LogP contribution in [0.4, 0.5) is 4.79 Å². The number of amides is 4. The summed E-state index contributed by atoms with van der Waals surface area (Å²) in [6, 6.07) is -0.567. The average Bonchev–Trinajstić information content (AvgIpc) is 2.52. The van der Waals surface area contributed by atoms with Crippen molar-refractivity contribution in [3.8, 4) is 0 Å². The van der Waals surface area contributed by atoms with Gasteiger partial charge in [0.05, 0.1) is 12.0 Å². The summed E-state index contributed by atoms with van der Waals surface area (Å²) in [6.07, 6.45) is -0.530. The Bertz CT molecular complexity index is 447. The van der Waals surface area contributed by atoms with Crippen LogP contribution in [-0.2, 0) is 14.4 Å². The molecule has 1 fully saturated rings. The standard InChI is InChI=1S/C11H17N3O6/c1-11(20,3-9(17)18)6-12-7(15)4-14-8(16)5-13(2)10(14)19/h20H,3-6H2,1-2H3,(H,12,15)(H,17,18). The van der Waals surface area contributed by atoms with E-state index < -0.39 is 42.4 Å². The van der Waals surface area contributed by atoms with Crippen molar-refractivity contribution < 1.29 is 29.4 Å². The van der Waals surface area contributed by atoms with E-state index in [1.54, 1.807) is 0 Å². The van der Waals surface area contributed by atoms with Gasteiger partial charge < -0.3 is 20.4 Å². The Labute approximate surface area is 115 Å². The monoisotopic (exact) mass is 287 g/mol. The van der Waals surface area contributed by atoms with Crippen molar-refractivity contribution in [3.63, 3.8) is 0 Å². The zero-order valence-electron chi connectivity index (χ0n) is 11.3. The molecule has 1 heterocycles. The number of nitrogens with zero attached hydrogens (tertiary/aromatic N) is 2. The number of carbonyl (C=O) groups is 4. The number of likely N-dealkylation sites (N-methyl/N-ethyl adjacent to an activating group) is 1. The number of hydrogen-bond acceptors (Lipinski definition) is 5. The lowest BCUT2D eigenvalue weighted by Gasteiger charge is -2.22. The first-order valence-corrected chi connectivity index (χ1v) is 5.89. The summed E-state index contributed by atoms with van der Waals surface area (Å²) in [7, 11) is 1.44. The highest BCUT2D eigenvalue weighted by molar-refractivity contribution is 6.04. The molecule has 1 rings (SSSR count). The molecule has 20 heavy (non-hydrogen) atoms. The van der Waals surface area contributed by atoms with Crippen LogP contribution in [0.3, 0.4) is 0 Å². The lowest BCUT2D eigenvalue weighted by molar-refractivity contribution is -0.142. The number of hydrogen-bond donors (Lipinski definition) is 3. The first kappa shape index (κ1) is 15.9. The normalized spacial score (nSPS) is 18.1. The van der Waals surface area contributed by atoms with Gasteiger partial charge in [0.1, 0.15) is 13.1 Å². The van der Waals surface area contributed by atoms with Gasteiger partial charge in [-0.15, -0.1) is 0 Å². The second kappa shape index (κ2) is 5.87. The lowest BCUT2D eigenvalue weighted by Crippen LogP contribution is -2.46. The van der Waals surface area contributed by atoms with Crippen LogP contribution in [-0.4, -0.2) is 76.1 Å². The van der Waals surface area contributed by atoms with Crippen molar-refractivity contribution in [2.45, 2.75) is 18.9 Å². The fraction of sp³-hybridized carbons (Fsp3) is 0.636. The summed E-state index contributed by atoms with van der Waals surface area (Å²) in [4.78, 5) is 47.0. The summed E-state index contributed by atoms with van der Waals surface area (Å²) in [5.74, 6) is -2.33. The van der Waals surface area contributed by atoms with Gasteiger partial charge >= 0.3 is 12.0 Å². The van der Waals surface area contributed by atoms with Gasteiger partial charge in [-0.3, -0.25) is 19.3 Å². The maximum absolute atomic E-state index is 11.6. The van der Waals surface area contributed by atoms with Gasteiger partial charge in [0, 0.05) is 13.6 Å². The third-order valence-corrected chi connectivity index (χ3v) is 2.73. The number of nitrogens with one attached hydrogen (secondary N) is 1. The largest absolute Gasteiger partial charge is 0.481 e. The van der Waals surface area contributed by atoms with E-state index in [0.717, 1.165) is 4.90 Å². The van der Waals surface area contributed by atoms with Gasteiger partial charge in [0.25, 0.3) is 5.91 Å². The molecule has 9 nitrogen and oxygen atoms in total. The third kappa shape index (κ3) is 4.19. The van der Waals surface area contributed by atoms with Crippen LogP contribution in [0.15, 0.2) is 0 Å². The van der Waals surface area contributed by atoms with Gasteiger partial charge in [-0.05, 0) is 6.92 Å². The number of carboxylic acids is 1. The molecule has 1 unspecified atom stereocenters. The molecule has 0 bridgehead atoms. The molecule has 0 spiro atoms. The van der Waals surface area contributed by atoms with Crippen molar-refractivity contribution in [1.82, 2.24) is 15.1 Å². The molecule has 1 saturated heterocycles. The second-order valence-corrected chi connectivity index (χ2v) is 4.96. The lowest BCUT2D eigenvalue weighted by atomic mass is 10.0. The SMILES string of the molecule is CN1CC(=O)N(CC(=O)NCC(C)(O)CC(=O)O)C1=O. The zero-order chi connectivity index (χ0) is 15.5. The molecule has 1 aliphatic rings. The Morgan fingerprint density at radius 3 is 2.45 bits per heavy atom. The van der Waals surface area contributed by atoms with E-state index in [2.05, 4.69) is 5.32 Å². The average molecular weight is 287 g/mol. The van der Waals surface area contributed by atoms with E-state index in [9.17, 15) is 24.3 Å². The van der Waals surface area contributed by atoms with Crippen LogP contribution in [0.25, 0.3) is 0 Å². The van der Waals surface area contributed by atoms with E-state index in [4.69, 9.17) is 5.11 Å². The molecule has 0 aliphatic carbocycles. The predicted octanol–water partition coefficient (Wildman–Crippen LogP) is -1.78. The summed E-state index contributed by atoms with van der Waals surface area (Å²) in [5.41, 5.74) is -1.60. The molecule has 9 heteroatoms. The molecule has 4 amide bonds. The van der Waals surface area contributed by atoms with Crippen LogP contribution >= 0.6 is 0 Å². The van der Waals surface area contributed by atoms with Crippen molar-refractivity contribution >= 4 is 23.8 Å². The number of rotatable bonds is 6. The van der Waals surface area contributed by atoms with E-state index in [0.29, 0.717) is 0 Å². The fourth-order valence-electron chi connectivity index (χ4n) is 1.70. The van der Waals surface area contributed by atoms with Gasteiger partial charge in [-0.2, -0.15) is 0 Å². The van der Waals surface area contributed by atoms with Gasteiger partial charge in [-0.1, -0.05) is 0 Å². The van der Waals surface area contributed by atoms with Crippen LogP contribution in [0.5, 0.6) is 0 Å². The third-order valence-electron chi connectivity index (χ3n) is 2.73. The molecule has 0 aromatic heterocycles. The molecule has 1 atom stereocenters. The predicted molar refractivity (Wildman–Crippen MR) is 65.6 cm³/mol. The van der Waals surface area contributed by atoms with E-state index >= 15 is 0 Å². The smallest absolute Gasteiger partial charge is 0.327 e. The number of urea groups is 1. The maximum Gasteiger partial charge on any atom is 0.327 e. The molecule has 3 N–H and O–H groups in total. The highest BCUT2D eigenvalue weighted by Crippen LogP contribution is 2.09. The van der Waals surface area contributed by atoms with Crippen LogP contribution in [0.2, 0.25) is 0 Å². The van der Waals surface area contributed by atoms with Crippen molar-refractivity contribution in [2.75, 3.05) is 26.7 Å². The topological polar surface area (TPSA) is 127 Å². The molecular formula is C11H17N3O6. The molecule has 0 radical (unpaired) electrons. The van der Waals surface area contributed by atoms with Gasteiger partial charge in [-0.25, -0.2) is 4.79 Å². The van der Waals surface area contributed by atoms with Crippen molar-refractivity contribution in [1.29, 1.82) is 0 Å². The van der Waals surface area contributed by atoms with E-state index in [1.165, 1.54) is 18.9 Å². The molecule has 0 aromatic carbocycles. The number of aliphatic carboxylic acids is 1.